The van der Waals surface area contributed by atoms with Crippen molar-refractivity contribution < 1.29 is 13.5 Å². The third-order valence-corrected chi connectivity index (χ3v) is 4.33. The van der Waals surface area contributed by atoms with Crippen molar-refractivity contribution in [3.63, 3.8) is 0 Å². The first-order chi connectivity index (χ1) is 8.57. The molecule has 2 rings (SSSR count). The predicted molar refractivity (Wildman–Crippen MR) is 70.9 cm³/mol. The van der Waals surface area contributed by atoms with Crippen LogP contribution in [-0.2, 0) is 10.0 Å². The van der Waals surface area contributed by atoms with Gasteiger partial charge >= 0.3 is 0 Å². The summed E-state index contributed by atoms with van der Waals surface area (Å²) in [5, 5.41) is 13.0. The molecule has 0 saturated carbocycles. The van der Waals surface area contributed by atoms with Gasteiger partial charge in [-0.05, 0) is 31.5 Å². The Labute approximate surface area is 107 Å². The second-order valence-corrected chi connectivity index (χ2v) is 6.29. The molecule has 5 nitrogen and oxygen atoms in total. The first kappa shape index (κ1) is 13.3. The van der Waals surface area contributed by atoms with Crippen molar-refractivity contribution in [1.82, 2.24) is 5.32 Å². The van der Waals surface area contributed by atoms with Crippen molar-refractivity contribution in [2.24, 2.45) is 0 Å². The molecule has 0 bridgehead atoms. The lowest BCUT2D eigenvalue weighted by Gasteiger charge is -2.18. The minimum atomic E-state index is -3.51. The van der Waals surface area contributed by atoms with E-state index in [1.165, 1.54) is 0 Å². The largest absolute Gasteiger partial charge is 0.390 e. The molecule has 3 N–H and O–H groups in total. The van der Waals surface area contributed by atoms with Crippen LogP contribution < -0.4 is 10.0 Å². The summed E-state index contributed by atoms with van der Waals surface area (Å²) in [4.78, 5) is 0. The summed E-state index contributed by atoms with van der Waals surface area (Å²) in [6.07, 6.45) is 0.935. The van der Waals surface area contributed by atoms with Gasteiger partial charge < -0.3 is 10.4 Å². The molecule has 1 fully saturated rings. The van der Waals surface area contributed by atoms with Crippen LogP contribution >= 0.6 is 0 Å². The SMILES string of the molecule is O=S(=O)(CC(O)[C@@H]1CCCN1)Nc1ccccc1. The van der Waals surface area contributed by atoms with E-state index in [4.69, 9.17) is 0 Å². The molecular formula is C12H18N2O3S. The van der Waals surface area contributed by atoms with E-state index in [9.17, 15) is 13.5 Å². The second-order valence-electron chi connectivity index (χ2n) is 4.52. The number of sulfonamides is 1. The van der Waals surface area contributed by atoms with Gasteiger partial charge in [-0.3, -0.25) is 4.72 Å². The highest BCUT2D eigenvalue weighted by Crippen LogP contribution is 2.13. The van der Waals surface area contributed by atoms with Crippen LogP contribution in [0.1, 0.15) is 12.8 Å². The Kier molecular flexibility index (Phi) is 4.21. The molecule has 100 valence electrons. The summed E-state index contributed by atoms with van der Waals surface area (Å²) in [5.74, 6) is -0.278. The van der Waals surface area contributed by atoms with Crippen molar-refractivity contribution >= 4 is 15.7 Å². The number of benzene rings is 1. The molecule has 1 heterocycles. The third kappa shape index (κ3) is 3.69. The van der Waals surface area contributed by atoms with Gasteiger partial charge in [0.25, 0.3) is 0 Å². The molecule has 0 aromatic heterocycles. The molecule has 0 spiro atoms. The molecule has 0 aliphatic carbocycles. The number of rotatable bonds is 5. The van der Waals surface area contributed by atoms with E-state index in [0.29, 0.717) is 5.69 Å². The topological polar surface area (TPSA) is 78.4 Å². The third-order valence-electron chi connectivity index (χ3n) is 3.00. The number of hydrogen-bond donors (Lipinski definition) is 3. The molecule has 0 amide bonds. The van der Waals surface area contributed by atoms with Crippen molar-refractivity contribution in [3.05, 3.63) is 30.3 Å². The number of para-hydroxylation sites is 1. The smallest absolute Gasteiger partial charge is 0.235 e. The van der Waals surface area contributed by atoms with Gasteiger partial charge in [-0.25, -0.2) is 8.42 Å². The molecule has 0 radical (unpaired) electrons. The highest BCUT2D eigenvalue weighted by molar-refractivity contribution is 7.92. The lowest BCUT2D eigenvalue weighted by atomic mass is 10.1. The van der Waals surface area contributed by atoms with Gasteiger partial charge in [-0.2, -0.15) is 0 Å². The predicted octanol–water partition coefficient (Wildman–Crippen LogP) is 0.541. The summed E-state index contributed by atoms with van der Waals surface area (Å²) >= 11 is 0. The summed E-state index contributed by atoms with van der Waals surface area (Å²) in [6.45, 7) is 0.841. The van der Waals surface area contributed by atoms with E-state index < -0.39 is 16.1 Å². The van der Waals surface area contributed by atoms with E-state index in [-0.39, 0.29) is 11.8 Å². The number of anilines is 1. The Balaban J connectivity index is 1.94. The molecule has 1 aliphatic heterocycles. The minimum Gasteiger partial charge on any atom is -0.390 e. The molecule has 2 atom stereocenters. The fourth-order valence-electron chi connectivity index (χ4n) is 2.11. The minimum absolute atomic E-state index is 0.114. The monoisotopic (exact) mass is 270 g/mol. The summed E-state index contributed by atoms with van der Waals surface area (Å²) in [6, 6.07) is 8.57. The Morgan fingerprint density at radius 1 is 1.39 bits per heavy atom. The van der Waals surface area contributed by atoms with Crippen LogP contribution in [0.25, 0.3) is 0 Å². The molecule has 6 heteroatoms. The standard InChI is InChI=1S/C12H18N2O3S/c15-12(11-7-4-8-13-11)9-18(16,17)14-10-5-2-1-3-6-10/h1-3,5-6,11-15H,4,7-9H2/t11-,12?/m0/s1. The maximum Gasteiger partial charge on any atom is 0.235 e. The highest BCUT2D eigenvalue weighted by atomic mass is 32.2. The quantitative estimate of drug-likeness (QED) is 0.730. The van der Waals surface area contributed by atoms with Gasteiger partial charge in [0.1, 0.15) is 0 Å². The van der Waals surface area contributed by atoms with E-state index in [1.54, 1.807) is 24.3 Å². The van der Waals surface area contributed by atoms with Crippen LogP contribution in [0.15, 0.2) is 30.3 Å². The van der Waals surface area contributed by atoms with Crippen molar-refractivity contribution in [2.45, 2.75) is 25.0 Å². The van der Waals surface area contributed by atoms with E-state index in [0.717, 1.165) is 19.4 Å². The lowest BCUT2D eigenvalue weighted by molar-refractivity contribution is 0.157. The Hall–Kier alpha value is -1.11. The summed E-state index contributed by atoms with van der Waals surface area (Å²) in [7, 11) is -3.51. The summed E-state index contributed by atoms with van der Waals surface area (Å²) < 4.78 is 26.2. The average Bonchev–Trinajstić information content (AvgIpc) is 2.82. The van der Waals surface area contributed by atoms with Gasteiger partial charge in [-0.1, -0.05) is 18.2 Å². The van der Waals surface area contributed by atoms with E-state index >= 15 is 0 Å². The average molecular weight is 270 g/mol. The normalized spacial score (nSPS) is 21.7. The van der Waals surface area contributed by atoms with Crippen LogP contribution in [0.3, 0.4) is 0 Å². The zero-order valence-corrected chi connectivity index (χ0v) is 10.9. The summed E-state index contributed by atoms with van der Waals surface area (Å²) in [5.41, 5.74) is 0.518. The zero-order valence-electron chi connectivity index (χ0n) is 10.0. The van der Waals surface area contributed by atoms with Crippen molar-refractivity contribution in [1.29, 1.82) is 0 Å². The molecule has 1 saturated heterocycles. The molecule has 1 aromatic carbocycles. The Morgan fingerprint density at radius 3 is 2.72 bits per heavy atom. The maximum absolute atomic E-state index is 11.9. The number of hydrogen-bond acceptors (Lipinski definition) is 4. The molecular weight excluding hydrogens is 252 g/mol. The number of aliphatic hydroxyl groups is 1. The zero-order chi connectivity index (χ0) is 13.0. The fourth-order valence-corrected chi connectivity index (χ4v) is 3.37. The highest BCUT2D eigenvalue weighted by Gasteiger charge is 2.27. The maximum atomic E-state index is 11.9. The van der Waals surface area contributed by atoms with E-state index in [2.05, 4.69) is 10.0 Å². The molecule has 1 aromatic rings. The van der Waals surface area contributed by atoms with Gasteiger partial charge in [-0.15, -0.1) is 0 Å². The Bertz CT molecular complexity index is 469. The van der Waals surface area contributed by atoms with E-state index in [1.807, 2.05) is 6.07 Å². The second kappa shape index (κ2) is 5.69. The van der Waals surface area contributed by atoms with Gasteiger partial charge in [0.2, 0.25) is 10.0 Å². The van der Waals surface area contributed by atoms with Crippen LogP contribution in [0.5, 0.6) is 0 Å². The number of aliphatic hydroxyl groups excluding tert-OH is 1. The van der Waals surface area contributed by atoms with Gasteiger partial charge in [0, 0.05) is 11.7 Å². The first-order valence-corrected chi connectivity index (χ1v) is 7.69. The van der Waals surface area contributed by atoms with Gasteiger partial charge in [0.05, 0.1) is 11.9 Å². The molecule has 1 unspecified atom stereocenters. The van der Waals surface area contributed by atoms with Crippen LogP contribution in [0, 0.1) is 0 Å². The van der Waals surface area contributed by atoms with Crippen LogP contribution in [0.4, 0.5) is 5.69 Å². The van der Waals surface area contributed by atoms with Gasteiger partial charge in [0.15, 0.2) is 0 Å². The van der Waals surface area contributed by atoms with Crippen molar-refractivity contribution in [2.75, 3.05) is 17.0 Å². The molecule has 18 heavy (non-hydrogen) atoms. The number of nitrogens with one attached hydrogen (secondary N) is 2. The fraction of sp³-hybridized carbons (Fsp3) is 0.500. The molecule has 1 aliphatic rings. The van der Waals surface area contributed by atoms with Crippen molar-refractivity contribution in [3.8, 4) is 0 Å². The lowest BCUT2D eigenvalue weighted by Crippen LogP contribution is -2.40. The van der Waals surface area contributed by atoms with Crippen LogP contribution in [0.2, 0.25) is 0 Å². The Morgan fingerprint density at radius 2 is 2.11 bits per heavy atom. The van der Waals surface area contributed by atoms with Crippen LogP contribution in [-0.4, -0.2) is 38.0 Å². The first-order valence-electron chi connectivity index (χ1n) is 6.04.